The van der Waals surface area contributed by atoms with Crippen LogP contribution in [0.4, 0.5) is 0 Å². The number of rotatable bonds is 4. The summed E-state index contributed by atoms with van der Waals surface area (Å²) >= 11 is 0. The van der Waals surface area contributed by atoms with Crippen LogP contribution >= 0.6 is 0 Å². The first kappa shape index (κ1) is 12.4. The van der Waals surface area contributed by atoms with Gasteiger partial charge in [-0.3, -0.25) is 4.79 Å². The molecule has 13 heavy (non-hydrogen) atoms. The highest BCUT2D eigenvalue weighted by molar-refractivity contribution is 5.75. The van der Waals surface area contributed by atoms with Gasteiger partial charge in [0.05, 0.1) is 6.61 Å². The average Bonchev–Trinajstić information content (AvgIpc) is 1.99. The van der Waals surface area contributed by atoms with Gasteiger partial charge in [-0.15, -0.1) is 0 Å². The van der Waals surface area contributed by atoms with Crippen molar-refractivity contribution in [3.8, 4) is 0 Å². The predicted octanol–water partition coefficient (Wildman–Crippen LogP) is 1.70. The lowest BCUT2D eigenvalue weighted by Crippen LogP contribution is -2.33. The normalized spacial score (nSPS) is 13.9. The van der Waals surface area contributed by atoms with Crippen molar-refractivity contribution in [1.82, 2.24) is 0 Å². The Morgan fingerprint density at radius 2 is 2.00 bits per heavy atom. The Morgan fingerprint density at radius 3 is 2.38 bits per heavy atom. The zero-order valence-corrected chi connectivity index (χ0v) is 9.09. The summed E-state index contributed by atoms with van der Waals surface area (Å²) in [5, 5.41) is 0. The molecule has 78 valence electrons. The van der Waals surface area contributed by atoms with Crippen molar-refractivity contribution in [2.75, 3.05) is 6.61 Å². The van der Waals surface area contributed by atoms with Crippen LogP contribution in [0.3, 0.4) is 0 Å². The van der Waals surface area contributed by atoms with E-state index < -0.39 is 6.04 Å². The number of carbonyl (C=O) groups is 1. The van der Waals surface area contributed by atoms with Gasteiger partial charge < -0.3 is 10.5 Å². The molecule has 0 saturated carbocycles. The van der Waals surface area contributed by atoms with E-state index >= 15 is 0 Å². The Morgan fingerprint density at radius 1 is 1.46 bits per heavy atom. The smallest absolute Gasteiger partial charge is 0.322 e. The minimum Gasteiger partial charge on any atom is -0.465 e. The van der Waals surface area contributed by atoms with Gasteiger partial charge in [0.1, 0.15) is 6.04 Å². The summed E-state index contributed by atoms with van der Waals surface area (Å²) in [5.74, 6) is -0.285. The van der Waals surface area contributed by atoms with E-state index in [1.807, 2.05) is 0 Å². The zero-order valence-electron chi connectivity index (χ0n) is 9.09. The summed E-state index contributed by atoms with van der Waals surface area (Å²) in [7, 11) is 0. The number of hydrogen-bond donors (Lipinski definition) is 1. The molecule has 3 heteroatoms. The second kappa shape index (κ2) is 5.22. The van der Waals surface area contributed by atoms with E-state index in [1.54, 1.807) is 6.92 Å². The third-order valence-corrected chi connectivity index (χ3v) is 1.79. The van der Waals surface area contributed by atoms with Gasteiger partial charge in [0.25, 0.3) is 0 Å². The molecule has 0 heterocycles. The van der Waals surface area contributed by atoms with Crippen molar-refractivity contribution in [1.29, 1.82) is 0 Å². The van der Waals surface area contributed by atoms with E-state index in [4.69, 9.17) is 10.5 Å². The summed E-state index contributed by atoms with van der Waals surface area (Å²) in [6.07, 6.45) is 1.63. The Balaban J connectivity index is 3.74. The fourth-order valence-electron chi connectivity index (χ4n) is 0.956. The number of carbonyl (C=O) groups excluding carboxylic acids is 1. The Bertz CT molecular complexity index is 161. The fraction of sp³-hybridized carbons (Fsp3) is 0.900. The van der Waals surface area contributed by atoms with Crippen LogP contribution in [-0.4, -0.2) is 18.6 Å². The predicted molar refractivity (Wildman–Crippen MR) is 53.3 cm³/mol. The van der Waals surface area contributed by atoms with Crippen LogP contribution in [0.25, 0.3) is 0 Å². The molecule has 0 aromatic rings. The van der Waals surface area contributed by atoms with Gasteiger partial charge in [-0.25, -0.2) is 0 Å². The average molecular weight is 187 g/mol. The summed E-state index contributed by atoms with van der Waals surface area (Å²) in [4.78, 5) is 11.1. The Hall–Kier alpha value is -0.570. The van der Waals surface area contributed by atoms with Crippen molar-refractivity contribution >= 4 is 5.97 Å². The lowest BCUT2D eigenvalue weighted by molar-refractivity contribution is -0.144. The maximum Gasteiger partial charge on any atom is 0.322 e. The minimum absolute atomic E-state index is 0.226. The number of esters is 1. The molecule has 0 amide bonds. The van der Waals surface area contributed by atoms with Crippen molar-refractivity contribution in [3.05, 3.63) is 0 Å². The number of hydrogen-bond acceptors (Lipinski definition) is 3. The standard InChI is InChI=1S/C10H21NO2/c1-5-13-9(12)8(11)6-7-10(2,3)4/h8H,5-7,11H2,1-4H3. The third kappa shape index (κ3) is 6.58. The first-order valence-electron chi connectivity index (χ1n) is 4.79. The lowest BCUT2D eigenvalue weighted by atomic mass is 9.89. The molecule has 1 atom stereocenters. The largest absolute Gasteiger partial charge is 0.465 e. The van der Waals surface area contributed by atoms with Crippen LogP contribution in [0.1, 0.15) is 40.5 Å². The van der Waals surface area contributed by atoms with Gasteiger partial charge in [-0.1, -0.05) is 20.8 Å². The SMILES string of the molecule is CCOC(=O)C(N)CCC(C)(C)C. The van der Waals surface area contributed by atoms with Crippen LogP contribution in [0.5, 0.6) is 0 Å². The molecule has 1 unspecified atom stereocenters. The number of ether oxygens (including phenoxy) is 1. The molecule has 0 aliphatic carbocycles. The monoisotopic (exact) mass is 187 g/mol. The van der Waals surface area contributed by atoms with Crippen LogP contribution in [0.2, 0.25) is 0 Å². The van der Waals surface area contributed by atoms with Crippen molar-refractivity contribution in [2.24, 2.45) is 11.1 Å². The van der Waals surface area contributed by atoms with Crippen LogP contribution in [-0.2, 0) is 9.53 Å². The van der Waals surface area contributed by atoms with Gasteiger partial charge in [0, 0.05) is 0 Å². The van der Waals surface area contributed by atoms with E-state index in [-0.39, 0.29) is 11.4 Å². The summed E-state index contributed by atoms with van der Waals surface area (Å²) in [5.41, 5.74) is 5.86. The Labute approximate surface area is 80.6 Å². The zero-order chi connectivity index (χ0) is 10.5. The summed E-state index contributed by atoms with van der Waals surface area (Å²) in [6, 6.07) is -0.459. The molecular weight excluding hydrogens is 166 g/mol. The first-order valence-corrected chi connectivity index (χ1v) is 4.79. The van der Waals surface area contributed by atoms with Crippen molar-refractivity contribution < 1.29 is 9.53 Å². The van der Waals surface area contributed by atoms with Gasteiger partial charge in [-0.2, -0.15) is 0 Å². The molecule has 0 bridgehead atoms. The Kier molecular flexibility index (Phi) is 4.99. The van der Waals surface area contributed by atoms with Crippen LogP contribution < -0.4 is 5.73 Å². The lowest BCUT2D eigenvalue weighted by Gasteiger charge is -2.19. The fourth-order valence-corrected chi connectivity index (χ4v) is 0.956. The van der Waals surface area contributed by atoms with Crippen molar-refractivity contribution in [3.63, 3.8) is 0 Å². The van der Waals surface area contributed by atoms with E-state index in [9.17, 15) is 4.79 Å². The van der Waals surface area contributed by atoms with Gasteiger partial charge in [0.15, 0.2) is 0 Å². The molecule has 0 rings (SSSR count). The topological polar surface area (TPSA) is 52.3 Å². The maximum atomic E-state index is 11.1. The summed E-state index contributed by atoms with van der Waals surface area (Å²) in [6.45, 7) is 8.58. The highest BCUT2D eigenvalue weighted by Gasteiger charge is 2.18. The minimum atomic E-state index is -0.459. The van der Waals surface area contributed by atoms with E-state index in [0.717, 1.165) is 6.42 Å². The highest BCUT2D eigenvalue weighted by atomic mass is 16.5. The molecule has 0 aliphatic heterocycles. The third-order valence-electron chi connectivity index (χ3n) is 1.79. The second-order valence-electron chi connectivity index (χ2n) is 4.46. The highest BCUT2D eigenvalue weighted by Crippen LogP contribution is 2.21. The second-order valence-corrected chi connectivity index (χ2v) is 4.46. The molecule has 0 fully saturated rings. The maximum absolute atomic E-state index is 11.1. The van der Waals surface area contributed by atoms with Gasteiger partial charge in [0.2, 0.25) is 0 Å². The molecule has 0 saturated heterocycles. The van der Waals surface area contributed by atoms with E-state index in [0.29, 0.717) is 13.0 Å². The number of nitrogens with two attached hydrogens (primary N) is 1. The van der Waals surface area contributed by atoms with Crippen molar-refractivity contribution in [2.45, 2.75) is 46.6 Å². The molecule has 2 N–H and O–H groups in total. The van der Waals surface area contributed by atoms with E-state index in [1.165, 1.54) is 0 Å². The molecule has 3 nitrogen and oxygen atoms in total. The molecule has 0 aliphatic rings. The van der Waals surface area contributed by atoms with Gasteiger partial charge in [-0.05, 0) is 25.2 Å². The molecular formula is C10H21NO2. The summed E-state index contributed by atoms with van der Waals surface area (Å²) < 4.78 is 4.80. The van der Waals surface area contributed by atoms with E-state index in [2.05, 4.69) is 20.8 Å². The molecule has 0 aromatic carbocycles. The molecule has 0 aromatic heterocycles. The first-order chi connectivity index (χ1) is 5.87. The molecule has 0 radical (unpaired) electrons. The van der Waals surface area contributed by atoms with Gasteiger partial charge >= 0.3 is 5.97 Å². The van der Waals surface area contributed by atoms with Crippen LogP contribution in [0, 0.1) is 5.41 Å². The quantitative estimate of drug-likeness (QED) is 0.681. The van der Waals surface area contributed by atoms with Crippen LogP contribution in [0.15, 0.2) is 0 Å². The molecule has 0 spiro atoms.